The molecule has 21 heavy (non-hydrogen) atoms. The largest absolute Gasteiger partial charge is 0.377 e. The average Bonchev–Trinajstić information content (AvgIpc) is 2.79. The second-order valence-corrected chi connectivity index (χ2v) is 8.66. The Hall–Kier alpha value is -0.0900. The van der Waals surface area contributed by atoms with Crippen molar-refractivity contribution in [2.24, 2.45) is 0 Å². The maximum Gasteiger partial charge on any atom is 0.152 e. The van der Waals surface area contributed by atoms with Gasteiger partial charge in [-0.25, -0.2) is 8.42 Å². The Morgan fingerprint density at radius 2 is 1.38 bits per heavy atom. The highest BCUT2D eigenvalue weighted by molar-refractivity contribution is 7.91. The molecule has 1 saturated heterocycles. The summed E-state index contributed by atoms with van der Waals surface area (Å²) in [4.78, 5) is 0. The van der Waals surface area contributed by atoms with E-state index in [4.69, 9.17) is 4.74 Å². The van der Waals surface area contributed by atoms with Crippen LogP contribution in [0.25, 0.3) is 0 Å². The normalized spacial score (nSPS) is 20.9. The van der Waals surface area contributed by atoms with Crippen molar-refractivity contribution in [1.29, 1.82) is 0 Å². The van der Waals surface area contributed by atoms with E-state index >= 15 is 0 Å². The van der Waals surface area contributed by atoms with Gasteiger partial charge in [-0.3, -0.25) is 0 Å². The highest BCUT2D eigenvalue weighted by atomic mass is 32.2. The van der Waals surface area contributed by atoms with Crippen LogP contribution in [-0.2, 0) is 14.6 Å². The highest BCUT2D eigenvalue weighted by Crippen LogP contribution is 2.16. The number of hydrogen-bond donors (Lipinski definition) is 0. The van der Waals surface area contributed by atoms with Gasteiger partial charge in [0.25, 0.3) is 0 Å². The molecular formula is C17H34O3S. The van der Waals surface area contributed by atoms with Gasteiger partial charge in [0.2, 0.25) is 0 Å². The summed E-state index contributed by atoms with van der Waals surface area (Å²) in [5.41, 5.74) is 0. The van der Waals surface area contributed by atoms with Gasteiger partial charge in [-0.15, -0.1) is 0 Å². The minimum absolute atomic E-state index is 0.0295. The molecule has 126 valence electrons. The van der Waals surface area contributed by atoms with Crippen LogP contribution in [0.2, 0.25) is 0 Å². The summed E-state index contributed by atoms with van der Waals surface area (Å²) in [6, 6.07) is 0. The van der Waals surface area contributed by atoms with Crippen LogP contribution in [0.3, 0.4) is 0 Å². The smallest absolute Gasteiger partial charge is 0.152 e. The van der Waals surface area contributed by atoms with Crippen LogP contribution in [0.15, 0.2) is 0 Å². The zero-order chi connectivity index (χ0) is 15.4. The molecule has 0 bridgehead atoms. The van der Waals surface area contributed by atoms with Crippen molar-refractivity contribution in [1.82, 2.24) is 0 Å². The summed E-state index contributed by atoms with van der Waals surface area (Å²) in [5.74, 6) is 0.557. The van der Waals surface area contributed by atoms with Crippen molar-refractivity contribution in [2.75, 3.05) is 18.1 Å². The number of ether oxygens (including phenoxy) is 1. The monoisotopic (exact) mass is 318 g/mol. The van der Waals surface area contributed by atoms with Gasteiger partial charge in [0, 0.05) is 6.61 Å². The van der Waals surface area contributed by atoms with Gasteiger partial charge in [-0.05, 0) is 12.8 Å². The maximum absolute atomic E-state index is 11.3. The molecule has 0 saturated carbocycles. The molecule has 1 heterocycles. The lowest BCUT2D eigenvalue weighted by Gasteiger charge is -2.09. The Kier molecular flexibility index (Phi) is 10.4. The van der Waals surface area contributed by atoms with E-state index in [1.807, 2.05) is 0 Å². The van der Waals surface area contributed by atoms with Crippen molar-refractivity contribution in [3.05, 3.63) is 0 Å². The molecule has 1 aliphatic rings. The molecule has 0 aromatic carbocycles. The minimum atomic E-state index is -2.79. The van der Waals surface area contributed by atoms with Gasteiger partial charge in [-0.1, -0.05) is 71.1 Å². The zero-order valence-electron chi connectivity index (χ0n) is 13.8. The third-order valence-corrected chi connectivity index (χ3v) is 6.03. The lowest BCUT2D eigenvalue weighted by molar-refractivity contribution is 0.0680. The van der Waals surface area contributed by atoms with Gasteiger partial charge < -0.3 is 4.74 Å². The van der Waals surface area contributed by atoms with Crippen LogP contribution < -0.4 is 0 Å². The molecule has 0 aromatic heterocycles. The molecule has 1 unspecified atom stereocenters. The van der Waals surface area contributed by atoms with Crippen molar-refractivity contribution < 1.29 is 13.2 Å². The first-order valence-electron chi connectivity index (χ1n) is 8.96. The number of rotatable bonds is 13. The quantitative estimate of drug-likeness (QED) is 0.470. The SMILES string of the molecule is CCCCCCCCCCCCCOC1CCS(=O)(=O)C1. The molecule has 1 rings (SSSR count). The topological polar surface area (TPSA) is 43.4 Å². The van der Waals surface area contributed by atoms with E-state index in [0.717, 1.165) is 13.0 Å². The van der Waals surface area contributed by atoms with Crippen molar-refractivity contribution >= 4 is 9.84 Å². The van der Waals surface area contributed by atoms with Crippen LogP contribution in [0.4, 0.5) is 0 Å². The summed E-state index contributed by atoms with van der Waals surface area (Å²) < 4.78 is 28.2. The lowest BCUT2D eigenvalue weighted by atomic mass is 10.1. The molecule has 4 heteroatoms. The third kappa shape index (κ3) is 10.3. The predicted octanol–water partition coefficient (Wildman–Crippen LogP) is 4.50. The van der Waals surface area contributed by atoms with Crippen LogP contribution in [0, 0.1) is 0 Å². The van der Waals surface area contributed by atoms with Gasteiger partial charge in [0.05, 0.1) is 17.6 Å². The number of sulfone groups is 1. The molecular weight excluding hydrogens is 284 g/mol. The first-order valence-corrected chi connectivity index (χ1v) is 10.8. The van der Waals surface area contributed by atoms with Crippen molar-refractivity contribution in [3.8, 4) is 0 Å². The first kappa shape index (κ1) is 19.0. The van der Waals surface area contributed by atoms with E-state index in [2.05, 4.69) is 6.92 Å². The minimum Gasteiger partial charge on any atom is -0.377 e. The lowest BCUT2D eigenvalue weighted by Crippen LogP contribution is -2.15. The predicted molar refractivity (Wildman–Crippen MR) is 89.5 cm³/mol. The van der Waals surface area contributed by atoms with E-state index in [9.17, 15) is 8.42 Å². The van der Waals surface area contributed by atoms with Gasteiger partial charge in [0.1, 0.15) is 0 Å². The van der Waals surface area contributed by atoms with Crippen LogP contribution in [0.5, 0.6) is 0 Å². The van der Waals surface area contributed by atoms with E-state index in [0.29, 0.717) is 12.2 Å². The average molecular weight is 319 g/mol. The van der Waals surface area contributed by atoms with E-state index in [-0.39, 0.29) is 11.9 Å². The Morgan fingerprint density at radius 1 is 0.857 bits per heavy atom. The second-order valence-electron chi connectivity index (χ2n) is 6.43. The van der Waals surface area contributed by atoms with E-state index in [1.165, 1.54) is 64.2 Å². The Bertz CT molecular complexity index is 338. The Labute approximate surface area is 131 Å². The fourth-order valence-corrected chi connectivity index (χ4v) is 4.53. The van der Waals surface area contributed by atoms with E-state index < -0.39 is 9.84 Å². The maximum atomic E-state index is 11.3. The molecule has 1 aliphatic heterocycles. The highest BCUT2D eigenvalue weighted by Gasteiger charge is 2.28. The summed E-state index contributed by atoms with van der Waals surface area (Å²) in [5, 5.41) is 0. The molecule has 3 nitrogen and oxygen atoms in total. The van der Waals surface area contributed by atoms with Crippen LogP contribution >= 0.6 is 0 Å². The summed E-state index contributed by atoms with van der Waals surface area (Å²) in [6.07, 6.45) is 15.3. The van der Waals surface area contributed by atoms with Crippen molar-refractivity contribution in [3.63, 3.8) is 0 Å². The molecule has 0 amide bonds. The molecule has 0 spiro atoms. The molecule has 0 radical (unpaired) electrons. The van der Waals surface area contributed by atoms with E-state index in [1.54, 1.807) is 0 Å². The Balaban J connectivity index is 1.77. The first-order chi connectivity index (χ1) is 10.1. The van der Waals surface area contributed by atoms with Crippen LogP contribution in [0.1, 0.15) is 84.0 Å². The summed E-state index contributed by atoms with van der Waals surface area (Å²) in [7, 11) is -2.79. The van der Waals surface area contributed by atoms with Gasteiger partial charge in [0.15, 0.2) is 9.84 Å². The molecule has 1 fully saturated rings. The van der Waals surface area contributed by atoms with Crippen molar-refractivity contribution in [2.45, 2.75) is 90.1 Å². The second kappa shape index (κ2) is 11.5. The van der Waals surface area contributed by atoms with Gasteiger partial charge >= 0.3 is 0 Å². The standard InChI is InChI=1S/C17H34O3S/c1-2-3-4-5-6-7-8-9-10-11-12-14-20-17-13-15-21(18,19)16-17/h17H,2-16H2,1H3. The number of hydrogen-bond acceptors (Lipinski definition) is 3. The molecule has 0 aliphatic carbocycles. The summed E-state index contributed by atoms with van der Waals surface area (Å²) >= 11 is 0. The molecule has 0 N–H and O–H groups in total. The van der Waals surface area contributed by atoms with Crippen LogP contribution in [-0.4, -0.2) is 32.6 Å². The third-order valence-electron chi connectivity index (χ3n) is 4.29. The summed E-state index contributed by atoms with van der Waals surface area (Å²) in [6.45, 7) is 2.99. The fourth-order valence-electron chi connectivity index (χ4n) is 2.91. The zero-order valence-corrected chi connectivity index (χ0v) is 14.6. The fraction of sp³-hybridized carbons (Fsp3) is 1.00. The number of unbranched alkanes of at least 4 members (excludes halogenated alkanes) is 10. The molecule has 1 atom stereocenters. The van der Waals surface area contributed by atoms with Gasteiger partial charge in [-0.2, -0.15) is 0 Å². The Morgan fingerprint density at radius 3 is 1.86 bits per heavy atom. The molecule has 0 aromatic rings.